The molecule has 1 fully saturated rings. The number of aromatic nitrogens is 2. The first-order valence-corrected chi connectivity index (χ1v) is 8.49. The van der Waals surface area contributed by atoms with Crippen LogP contribution in [0.1, 0.15) is 44.9 Å². The molecule has 0 aliphatic heterocycles. The summed E-state index contributed by atoms with van der Waals surface area (Å²) in [5.74, 6) is 1.40. The smallest absolute Gasteiger partial charge is 0.280 e. The number of methoxy groups -OCH3 is 2. The summed E-state index contributed by atoms with van der Waals surface area (Å²) in [4.78, 5) is 29.9. The van der Waals surface area contributed by atoms with Crippen LogP contribution in [0.15, 0.2) is 16.9 Å². The standard InChI is InChI=1S/C18H23N3O4/c1-5-10(2)17(22)20-21-16(11-6-7-11)19-13-9-15(25-4)14(24-3)8-12(13)18(21)23/h8-11H,5-7H2,1-4H3,(H,20,22)/t10-/m0/s1. The molecule has 0 unspecified atom stereocenters. The molecule has 1 aliphatic carbocycles. The zero-order chi connectivity index (χ0) is 18.1. The van der Waals surface area contributed by atoms with Gasteiger partial charge in [-0.3, -0.25) is 15.0 Å². The van der Waals surface area contributed by atoms with Crippen molar-refractivity contribution in [3.8, 4) is 11.5 Å². The molecule has 7 heteroatoms. The van der Waals surface area contributed by atoms with Gasteiger partial charge in [0.25, 0.3) is 5.56 Å². The van der Waals surface area contributed by atoms with Crippen molar-refractivity contribution in [1.29, 1.82) is 0 Å². The Kier molecular flexibility index (Phi) is 4.65. The van der Waals surface area contributed by atoms with Crippen LogP contribution in [0, 0.1) is 5.92 Å². The van der Waals surface area contributed by atoms with Crippen LogP contribution < -0.4 is 20.5 Å². The van der Waals surface area contributed by atoms with Crippen molar-refractivity contribution >= 4 is 16.8 Å². The molecule has 0 bridgehead atoms. The van der Waals surface area contributed by atoms with Gasteiger partial charge in [0.15, 0.2) is 11.5 Å². The number of carbonyl (C=O) groups is 1. The van der Waals surface area contributed by atoms with Gasteiger partial charge in [-0.25, -0.2) is 9.66 Å². The van der Waals surface area contributed by atoms with Gasteiger partial charge in [0.1, 0.15) is 5.82 Å². The monoisotopic (exact) mass is 345 g/mol. The Balaban J connectivity index is 2.17. The largest absolute Gasteiger partial charge is 0.493 e. The number of hydrogen-bond acceptors (Lipinski definition) is 5. The first-order chi connectivity index (χ1) is 12.0. The van der Waals surface area contributed by atoms with Gasteiger partial charge < -0.3 is 9.47 Å². The Morgan fingerprint density at radius 3 is 2.52 bits per heavy atom. The van der Waals surface area contributed by atoms with Crippen molar-refractivity contribution in [3.05, 3.63) is 28.3 Å². The van der Waals surface area contributed by atoms with Gasteiger partial charge in [-0.2, -0.15) is 0 Å². The zero-order valence-corrected chi connectivity index (χ0v) is 15.0. The number of fused-ring (bicyclic) bond motifs is 1. The normalized spacial score (nSPS) is 15.0. The average Bonchev–Trinajstić information content (AvgIpc) is 3.46. The van der Waals surface area contributed by atoms with Crippen LogP contribution in [-0.4, -0.2) is 29.8 Å². The highest BCUT2D eigenvalue weighted by Crippen LogP contribution is 2.39. The first kappa shape index (κ1) is 17.3. The lowest BCUT2D eigenvalue weighted by atomic mass is 10.1. The molecular formula is C18H23N3O4. The number of amides is 1. The lowest BCUT2D eigenvalue weighted by Crippen LogP contribution is -2.38. The molecule has 0 spiro atoms. The van der Waals surface area contributed by atoms with E-state index < -0.39 is 0 Å². The zero-order valence-electron chi connectivity index (χ0n) is 15.0. The molecule has 25 heavy (non-hydrogen) atoms. The predicted octanol–water partition coefficient (Wildman–Crippen LogP) is 2.41. The predicted molar refractivity (Wildman–Crippen MR) is 94.9 cm³/mol. The molecule has 2 aromatic rings. The van der Waals surface area contributed by atoms with Crippen LogP contribution in [0.2, 0.25) is 0 Å². The Hall–Kier alpha value is -2.57. The van der Waals surface area contributed by atoms with Crippen molar-refractivity contribution in [3.63, 3.8) is 0 Å². The maximum Gasteiger partial charge on any atom is 0.280 e. The number of carbonyl (C=O) groups excluding carboxylic acids is 1. The number of nitrogens with zero attached hydrogens (tertiary/aromatic N) is 2. The van der Waals surface area contributed by atoms with Crippen LogP contribution in [0.5, 0.6) is 11.5 Å². The summed E-state index contributed by atoms with van der Waals surface area (Å²) in [7, 11) is 3.05. The van der Waals surface area contributed by atoms with Gasteiger partial charge >= 0.3 is 0 Å². The Bertz CT molecular complexity index is 871. The molecule has 0 saturated heterocycles. The highest BCUT2D eigenvalue weighted by molar-refractivity contribution is 5.87. The van der Waals surface area contributed by atoms with Crippen LogP contribution in [0.4, 0.5) is 0 Å². The molecule has 1 saturated carbocycles. The third-order valence-electron chi connectivity index (χ3n) is 4.62. The minimum absolute atomic E-state index is 0.181. The van der Waals surface area contributed by atoms with Crippen molar-refractivity contribution in [1.82, 2.24) is 9.66 Å². The van der Waals surface area contributed by atoms with E-state index in [9.17, 15) is 9.59 Å². The molecule has 1 atom stereocenters. The summed E-state index contributed by atoms with van der Waals surface area (Å²) >= 11 is 0. The maximum absolute atomic E-state index is 13.0. The fourth-order valence-corrected chi connectivity index (χ4v) is 2.66. The third kappa shape index (κ3) is 3.18. The molecule has 1 N–H and O–H groups in total. The molecular weight excluding hydrogens is 322 g/mol. The molecule has 7 nitrogen and oxygen atoms in total. The van der Waals surface area contributed by atoms with Gasteiger partial charge in [-0.05, 0) is 25.3 Å². The molecule has 1 amide bonds. The molecule has 1 heterocycles. The maximum atomic E-state index is 13.0. The van der Waals surface area contributed by atoms with Gasteiger partial charge in [-0.1, -0.05) is 13.8 Å². The van der Waals surface area contributed by atoms with E-state index in [-0.39, 0.29) is 23.3 Å². The van der Waals surface area contributed by atoms with Crippen LogP contribution in [0.25, 0.3) is 10.9 Å². The third-order valence-corrected chi connectivity index (χ3v) is 4.62. The quantitative estimate of drug-likeness (QED) is 0.869. The Labute approximate surface area is 145 Å². The van der Waals surface area contributed by atoms with E-state index in [4.69, 9.17) is 9.47 Å². The van der Waals surface area contributed by atoms with E-state index in [1.165, 1.54) is 11.8 Å². The lowest BCUT2D eigenvalue weighted by Gasteiger charge is -2.17. The van der Waals surface area contributed by atoms with E-state index in [0.29, 0.717) is 34.6 Å². The SMILES string of the molecule is CC[C@H](C)C(=O)Nn1c(C2CC2)nc2cc(OC)c(OC)cc2c1=O. The summed E-state index contributed by atoms with van der Waals surface area (Å²) in [5, 5.41) is 0.381. The molecule has 134 valence electrons. The molecule has 1 aromatic carbocycles. The second-order valence-electron chi connectivity index (χ2n) is 6.39. The minimum Gasteiger partial charge on any atom is -0.493 e. The summed E-state index contributed by atoms with van der Waals surface area (Å²) in [5.41, 5.74) is 2.98. The van der Waals surface area contributed by atoms with E-state index >= 15 is 0 Å². The van der Waals surface area contributed by atoms with Gasteiger partial charge in [0, 0.05) is 17.9 Å². The molecule has 0 radical (unpaired) electrons. The summed E-state index contributed by atoms with van der Waals surface area (Å²) < 4.78 is 11.9. The van der Waals surface area contributed by atoms with Crippen LogP contribution in [0.3, 0.4) is 0 Å². The number of rotatable bonds is 6. The van der Waals surface area contributed by atoms with E-state index in [1.54, 1.807) is 19.2 Å². The molecule has 3 rings (SSSR count). The van der Waals surface area contributed by atoms with E-state index in [0.717, 1.165) is 12.8 Å². The fraction of sp³-hybridized carbons (Fsp3) is 0.500. The van der Waals surface area contributed by atoms with Crippen molar-refractivity contribution in [2.24, 2.45) is 5.92 Å². The van der Waals surface area contributed by atoms with E-state index in [1.807, 2.05) is 13.8 Å². The molecule has 1 aliphatic rings. The molecule has 1 aromatic heterocycles. The van der Waals surface area contributed by atoms with Crippen molar-refractivity contribution in [2.75, 3.05) is 19.6 Å². The fourth-order valence-electron chi connectivity index (χ4n) is 2.66. The minimum atomic E-state index is -0.301. The van der Waals surface area contributed by atoms with Gasteiger partial charge in [0.2, 0.25) is 5.91 Å². The summed E-state index contributed by atoms with van der Waals surface area (Å²) in [6.45, 7) is 3.77. The highest BCUT2D eigenvalue weighted by Gasteiger charge is 2.30. The van der Waals surface area contributed by atoms with Crippen LogP contribution in [-0.2, 0) is 4.79 Å². The number of nitrogens with one attached hydrogen (secondary N) is 1. The second kappa shape index (κ2) is 6.74. The first-order valence-electron chi connectivity index (χ1n) is 8.49. The topological polar surface area (TPSA) is 82.5 Å². The number of ether oxygens (including phenoxy) is 2. The van der Waals surface area contributed by atoms with Gasteiger partial charge in [0.05, 0.1) is 25.1 Å². The summed E-state index contributed by atoms with van der Waals surface area (Å²) in [6, 6.07) is 3.30. The van der Waals surface area contributed by atoms with Crippen LogP contribution >= 0.6 is 0 Å². The number of benzene rings is 1. The Morgan fingerprint density at radius 2 is 1.96 bits per heavy atom. The van der Waals surface area contributed by atoms with Gasteiger partial charge in [-0.15, -0.1) is 0 Å². The lowest BCUT2D eigenvalue weighted by molar-refractivity contribution is -0.120. The van der Waals surface area contributed by atoms with Crippen molar-refractivity contribution < 1.29 is 14.3 Å². The number of hydrogen-bond donors (Lipinski definition) is 1. The van der Waals surface area contributed by atoms with E-state index in [2.05, 4.69) is 10.4 Å². The second-order valence-corrected chi connectivity index (χ2v) is 6.39. The Morgan fingerprint density at radius 1 is 1.32 bits per heavy atom. The van der Waals surface area contributed by atoms with Crippen molar-refractivity contribution in [2.45, 2.75) is 39.0 Å². The summed E-state index contributed by atoms with van der Waals surface area (Å²) in [6.07, 6.45) is 2.63. The average molecular weight is 345 g/mol. The highest BCUT2D eigenvalue weighted by atomic mass is 16.5.